The van der Waals surface area contributed by atoms with Crippen LogP contribution in [0, 0.1) is 16.7 Å². The Labute approximate surface area is 250 Å². The van der Waals surface area contributed by atoms with Crippen molar-refractivity contribution in [1.29, 1.82) is 0 Å². The first-order valence-corrected chi connectivity index (χ1v) is 14.4. The maximum Gasteiger partial charge on any atom is 0.303 e. The van der Waals surface area contributed by atoms with E-state index < -0.39 is 94.4 Å². The van der Waals surface area contributed by atoms with Gasteiger partial charge in [-0.1, -0.05) is 20.8 Å². The van der Waals surface area contributed by atoms with Crippen molar-refractivity contribution in [3.63, 3.8) is 0 Å². The summed E-state index contributed by atoms with van der Waals surface area (Å²) in [4.78, 5) is 62.4. The van der Waals surface area contributed by atoms with Crippen LogP contribution in [0.3, 0.4) is 0 Å². The van der Waals surface area contributed by atoms with Crippen molar-refractivity contribution in [3.8, 4) is 0 Å². The number of hydrogen-bond acceptors (Lipinski definition) is 13. The highest BCUT2D eigenvalue weighted by Crippen LogP contribution is 2.66. The third-order valence-corrected chi connectivity index (χ3v) is 9.98. The van der Waals surface area contributed by atoms with Gasteiger partial charge in [-0.05, 0) is 18.1 Å². The molecule has 10 atom stereocenters. The Morgan fingerprint density at radius 2 is 1.23 bits per heavy atom. The van der Waals surface area contributed by atoms with Crippen LogP contribution in [0.5, 0.6) is 0 Å². The first-order valence-electron chi connectivity index (χ1n) is 14.4. The molecule has 2 bridgehead atoms. The van der Waals surface area contributed by atoms with E-state index in [2.05, 4.69) is 0 Å². The Morgan fingerprint density at radius 3 is 1.70 bits per heavy atom. The molecule has 3 aliphatic carbocycles. The minimum absolute atomic E-state index is 0.00967. The highest BCUT2D eigenvalue weighted by atomic mass is 16.6. The Kier molecular flexibility index (Phi) is 8.29. The summed E-state index contributed by atoms with van der Waals surface area (Å²) in [6.45, 7) is 12.5. The highest BCUT2D eigenvalue weighted by molar-refractivity contribution is 5.69. The van der Waals surface area contributed by atoms with Crippen molar-refractivity contribution in [2.24, 2.45) is 16.7 Å². The molecule has 240 valence electrons. The van der Waals surface area contributed by atoms with E-state index in [0.29, 0.717) is 5.57 Å². The van der Waals surface area contributed by atoms with Crippen LogP contribution in [0.2, 0.25) is 0 Å². The summed E-state index contributed by atoms with van der Waals surface area (Å²) in [6.07, 6.45) is -8.16. The Hall–Kier alpha value is -3.03. The van der Waals surface area contributed by atoms with Crippen LogP contribution in [0.15, 0.2) is 11.1 Å². The fourth-order valence-electron chi connectivity index (χ4n) is 8.17. The molecule has 43 heavy (non-hydrogen) atoms. The lowest BCUT2D eigenvalue weighted by molar-refractivity contribution is -0.283. The average Bonchev–Trinajstić information content (AvgIpc) is 3.63. The van der Waals surface area contributed by atoms with Gasteiger partial charge in [0.1, 0.15) is 47.8 Å². The molecular formula is C30H42O13. The van der Waals surface area contributed by atoms with Crippen LogP contribution in [0.4, 0.5) is 0 Å². The molecule has 2 N–H and O–H groups in total. The van der Waals surface area contributed by atoms with Crippen LogP contribution in [0.25, 0.3) is 0 Å². The molecule has 4 aliphatic rings. The van der Waals surface area contributed by atoms with Gasteiger partial charge >= 0.3 is 29.8 Å². The molecule has 1 aliphatic heterocycles. The van der Waals surface area contributed by atoms with Gasteiger partial charge in [-0.2, -0.15) is 0 Å². The number of hydrogen-bond donors (Lipinski definition) is 2. The lowest BCUT2D eigenvalue weighted by Gasteiger charge is -2.64. The molecular weight excluding hydrogens is 568 g/mol. The Morgan fingerprint density at radius 1 is 0.767 bits per heavy atom. The van der Waals surface area contributed by atoms with Gasteiger partial charge in [0.2, 0.25) is 0 Å². The van der Waals surface area contributed by atoms with Crippen LogP contribution in [-0.4, -0.2) is 94.5 Å². The first kappa shape index (κ1) is 32.9. The summed E-state index contributed by atoms with van der Waals surface area (Å²) in [5.41, 5.74) is -5.77. The number of carbonyl (C=O) groups excluding carboxylic acids is 5. The van der Waals surface area contributed by atoms with E-state index in [1.807, 2.05) is 0 Å². The summed E-state index contributed by atoms with van der Waals surface area (Å²) < 4.78 is 35.1. The molecule has 1 heterocycles. The van der Waals surface area contributed by atoms with E-state index in [-0.39, 0.29) is 25.0 Å². The van der Waals surface area contributed by atoms with Gasteiger partial charge < -0.3 is 38.6 Å². The molecule has 0 aromatic carbocycles. The highest BCUT2D eigenvalue weighted by Gasteiger charge is 2.79. The second-order valence-electron chi connectivity index (χ2n) is 13.0. The third kappa shape index (κ3) is 5.12. The smallest absolute Gasteiger partial charge is 0.303 e. The molecule has 0 unspecified atom stereocenters. The molecule has 3 fully saturated rings. The second-order valence-corrected chi connectivity index (χ2v) is 13.0. The number of aliphatic hydroxyl groups excluding tert-OH is 1. The number of esters is 5. The van der Waals surface area contributed by atoms with Crippen molar-refractivity contribution in [3.05, 3.63) is 11.1 Å². The van der Waals surface area contributed by atoms with Gasteiger partial charge in [0, 0.05) is 58.8 Å². The van der Waals surface area contributed by atoms with E-state index >= 15 is 0 Å². The van der Waals surface area contributed by atoms with E-state index in [1.54, 1.807) is 27.7 Å². The second kappa shape index (κ2) is 10.8. The van der Waals surface area contributed by atoms with Crippen molar-refractivity contribution in [1.82, 2.24) is 0 Å². The van der Waals surface area contributed by atoms with E-state index in [9.17, 15) is 34.2 Å². The standard InChI is InChI=1S/C30H42O13/c1-13-19(39-14(2)31)11-30(37)26(43-18(6)35)24-28(9,25(42-17(5)34)23(36)22(13)27(30,7)8)20(40-15(3)32)10-21(41-16(4)33)29(24)12-38-29/h19-21,23-26,36-37H,10-12H2,1-9H3/t19-,20-,21-,23+,24-,25-,26-,28+,29-,30+/m0/s1. The molecule has 0 aromatic rings. The summed E-state index contributed by atoms with van der Waals surface area (Å²) >= 11 is 0. The van der Waals surface area contributed by atoms with Gasteiger partial charge in [-0.25, -0.2) is 0 Å². The number of carbonyl (C=O) groups is 5. The van der Waals surface area contributed by atoms with Crippen LogP contribution >= 0.6 is 0 Å². The third-order valence-electron chi connectivity index (χ3n) is 9.98. The van der Waals surface area contributed by atoms with Gasteiger partial charge in [-0.3, -0.25) is 24.0 Å². The van der Waals surface area contributed by atoms with Gasteiger partial charge in [0.15, 0.2) is 0 Å². The maximum absolute atomic E-state index is 12.9. The zero-order valence-corrected chi connectivity index (χ0v) is 26.0. The predicted molar refractivity (Wildman–Crippen MR) is 145 cm³/mol. The lowest BCUT2D eigenvalue weighted by atomic mass is 9.45. The van der Waals surface area contributed by atoms with Crippen LogP contribution in [0.1, 0.15) is 75.2 Å². The predicted octanol–water partition coefficient (Wildman–Crippen LogP) is 1.29. The fourth-order valence-corrected chi connectivity index (χ4v) is 8.17. The van der Waals surface area contributed by atoms with E-state index in [4.69, 9.17) is 28.4 Å². The fraction of sp³-hybridized carbons (Fsp3) is 0.767. The minimum atomic E-state index is -2.04. The van der Waals surface area contributed by atoms with Gasteiger partial charge in [0.25, 0.3) is 0 Å². The molecule has 0 aromatic heterocycles. The van der Waals surface area contributed by atoms with Crippen molar-refractivity contribution < 1.29 is 62.6 Å². The number of ether oxygens (including phenoxy) is 6. The first-order chi connectivity index (χ1) is 19.7. The molecule has 1 saturated heterocycles. The minimum Gasteiger partial charge on any atom is -0.462 e. The van der Waals surface area contributed by atoms with Crippen molar-refractivity contribution >= 4 is 29.8 Å². The number of aliphatic hydroxyl groups is 2. The van der Waals surface area contributed by atoms with E-state index in [0.717, 1.165) is 13.8 Å². The summed E-state index contributed by atoms with van der Waals surface area (Å²) in [7, 11) is 0. The Balaban J connectivity index is 2.14. The zero-order valence-electron chi connectivity index (χ0n) is 26.0. The quantitative estimate of drug-likeness (QED) is 0.197. The molecule has 2 saturated carbocycles. The van der Waals surface area contributed by atoms with Gasteiger partial charge in [-0.15, -0.1) is 0 Å². The normalized spacial score (nSPS) is 41.1. The number of rotatable bonds is 5. The molecule has 13 heteroatoms. The lowest BCUT2D eigenvalue weighted by Crippen LogP contribution is -2.76. The van der Waals surface area contributed by atoms with Crippen molar-refractivity contribution in [2.75, 3.05) is 6.61 Å². The summed E-state index contributed by atoms with van der Waals surface area (Å²) in [5, 5.41) is 25.2. The summed E-state index contributed by atoms with van der Waals surface area (Å²) in [5.74, 6) is -4.72. The molecule has 4 rings (SSSR count). The average molecular weight is 611 g/mol. The zero-order chi connectivity index (χ0) is 32.4. The monoisotopic (exact) mass is 610 g/mol. The van der Waals surface area contributed by atoms with Crippen LogP contribution < -0.4 is 0 Å². The molecule has 0 radical (unpaired) electrons. The van der Waals surface area contributed by atoms with Crippen molar-refractivity contribution in [2.45, 2.75) is 123 Å². The molecule has 1 spiro atoms. The summed E-state index contributed by atoms with van der Waals surface area (Å²) in [6, 6.07) is 0. The van der Waals surface area contributed by atoms with E-state index in [1.165, 1.54) is 20.8 Å². The molecule has 0 amide bonds. The number of epoxide rings is 1. The molecule has 13 nitrogen and oxygen atoms in total. The van der Waals surface area contributed by atoms with Crippen LogP contribution in [-0.2, 0) is 52.4 Å². The largest absolute Gasteiger partial charge is 0.462 e. The topological polar surface area (TPSA) is 184 Å². The Bertz CT molecular complexity index is 1250. The van der Waals surface area contributed by atoms with Gasteiger partial charge in [0.05, 0.1) is 12.0 Å². The maximum atomic E-state index is 12.9. The number of fused-ring (bicyclic) bond motifs is 4. The SMILES string of the molecule is CC(=O)O[C@H]1C[C@@]2(O)[C@@H](OC(C)=O)[C@@H]3[C@]4(CO4)[C@@H](OC(C)=O)C[C@H](OC(C)=O)[C@@]3(C)[C@@H](OC(C)=O)[C@H](O)C(=C1C)C2(C)C.